The highest BCUT2D eigenvalue weighted by Gasteiger charge is 2.37. The number of nitrogens with one attached hydrogen (secondary N) is 3. The van der Waals surface area contributed by atoms with E-state index in [1.165, 1.54) is 18.7 Å². The number of carbonyl (C=O) groups excluding carboxylic acids is 5. The highest BCUT2D eigenvalue weighted by Crippen LogP contribution is 2.19. The average Bonchev–Trinajstić information content (AvgIpc) is 3.31. The van der Waals surface area contributed by atoms with E-state index >= 15 is 0 Å². The van der Waals surface area contributed by atoms with Crippen LogP contribution in [0.5, 0.6) is 0 Å². The first-order chi connectivity index (χ1) is 16.9. The number of carboxylic acids is 1. The van der Waals surface area contributed by atoms with Gasteiger partial charge in [0.15, 0.2) is 0 Å². The van der Waals surface area contributed by atoms with Crippen molar-refractivity contribution in [2.75, 3.05) is 13.1 Å². The lowest BCUT2D eigenvalue weighted by atomic mass is 10.1. The predicted octanol–water partition coefficient (Wildman–Crippen LogP) is -2.72. The number of carbonyl (C=O) groups is 6. The normalized spacial score (nSPS) is 18.4. The Morgan fingerprint density at radius 3 is 2.19 bits per heavy atom. The van der Waals surface area contributed by atoms with Gasteiger partial charge in [-0.05, 0) is 58.9 Å². The third-order valence-corrected chi connectivity index (χ3v) is 5.92. The minimum Gasteiger partial charge on any atom is -0.480 e. The number of unbranched alkanes of at least 4 members (excludes halogenated alkanes) is 1. The summed E-state index contributed by atoms with van der Waals surface area (Å²) in [5, 5.41) is 16.4. The van der Waals surface area contributed by atoms with E-state index in [9.17, 15) is 28.8 Å². The molecule has 0 aromatic rings. The summed E-state index contributed by atoms with van der Waals surface area (Å²) in [5.41, 5.74) is 16.5. The highest BCUT2D eigenvalue weighted by molar-refractivity contribution is 5.95. The molecule has 1 fully saturated rings. The second kappa shape index (κ2) is 15.0. The van der Waals surface area contributed by atoms with Gasteiger partial charge in [-0.2, -0.15) is 0 Å². The zero-order chi connectivity index (χ0) is 27.4. The van der Waals surface area contributed by atoms with Crippen molar-refractivity contribution >= 4 is 35.5 Å². The largest absolute Gasteiger partial charge is 0.480 e. The molecule has 1 rings (SSSR count). The molecule has 36 heavy (non-hydrogen) atoms. The summed E-state index contributed by atoms with van der Waals surface area (Å²) in [6, 6.07) is -5.02. The number of hydrogen-bond donors (Lipinski definition) is 7. The van der Waals surface area contributed by atoms with Gasteiger partial charge in [-0.15, -0.1) is 0 Å². The molecule has 1 heterocycles. The smallest absolute Gasteiger partial charge is 0.325 e. The molecule has 0 saturated carbocycles. The third kappa shape index (κ3) is 9.77. The van der Waals surface area contributed by atoms with Crippen molar-refractivity contribution in [1.82, 2.24) is 20.9 Å². The van der Waals surface area contributed by atoms with E-state index in [1.54, 1.807) is 0 Å². The van der Waals surface area contributed by atoms with Crippen molar-refractivity contribution in [3.8, 4) is 0 Å². The zero-order valence-corrected chi connectivity index (χ0v) is 20.8. The molecule has 204 valence electrons. The number of nitrogens with two attached hydrogens (primary N) is 3. The fraction of sp³-hybridized carbons (Fsp3) is 0.727. The van der Waals surface area contributed by atoms with Gasteiger partial charge in [0.2, 0.25) is 29.5 Å². The van der Waals surface area contributed by atoms with Gasteiger partial charge in [0, 0.05) is 13.0 Å². The lowest BCUT2D eigenvalue weighted by Crippen LogP contribution is -2.57. The highest BCUT2D eigenvalue weighted by atomic mass is 16.4. The molecule has 14 heteroatoms. The lowest BCUT2D eigenvalue weighted by Gasteiger charge is -2.28. The van der Waals surface area contributed by atoms with Crippen LogP contribution in [0.1, 0.15) is 58.8 Å². The Bertz CT molecular complexity index is 823. The second-order valence-electron chi connectivity index (χ2n) is 8.95. The Morgan fingerprint density at radius 2 is 1.61 bits per heavy atom. The summed E-state index contributed by atoms with van der Waals surface area (Å²) in [4.78, 5) is 74.2. The summed E-state index contributed by atoms with van der Waals surface area (Å²) in [7, 11) is 0. The maximum Gasteiger partial charge on any atom is 0.325 e. The number of nitrogens with zero attached hydrogens (tertiary/aromatic N) is 1. The topological polar surface area (TPSA) is 240 Å². The van der Waals surface area contributed by atoms with Gasteiger partial charge in [-0.1, -0.05) is 0 Å². The van der Waals surface area contributed by atoms with E-state index in [4.69, 9.17) is 22.3 Å². The van der Waals surface area contributed by atoms with Crippen LogP contribution >= 0.6 is 0 Å². The molecule has 1 aliphatic heterocycles. The Morgan fingerprint density at radius 1 is 0.972 bits per heavy atom. The van der Waals surface area contributed by atoms with Crippen LogP contribution in [0.25, 0.3) is 0 Å². The number of aliphatic carboxylic acids is 1. The molecular weight excluding hydrogens is 474 g/mol. The first-order valence-electron chi connectivity index (χ1n) is 12.1. The van der Waals surface area contributed by atoms with Gasteiger partial charge >= 0.3 is 5.97 Å². The number of primary amides is 1. The van der Waals surface area contributed by atoms with E-state index in [1.807, 2.05) is 0 Å². The van der Waals surface area contributed by atoms with Crippen LogP contribution in [-0.2, 0) is 28.8 Å². The molecule has 0 aromatic carbocycles. The second-order valence-corrected chi connectivity index (χ2v) is 8.95. The maximum atomic E-state index is 13.1. The molecule has 1 aliphatic rings. The first-order valence-corrected chi connectivity index (χ1v) is 12.1. The monoisotopic (exact) mass is 513 g/mol. The van der Waals surface area contributed by atoms with Gasteiger partial charge in [0.1, 0.15) is 24.2 Å². The molecule has 5 atom stereocenters. The van der Waals surface area contributed by atoms with Crippen LogP contribution in [0.4, 0.5) is 0 Å². The van der Waals surface area contributed by atoms with Crippen molar-refractivity contribution in [2.24, 2.45) is 17.2 Å². The Kier molecular flexibility index (Phi) is 12.8. The van der Waals surface area contributed by atoms with Gasteiger partial charge in [0.25, 0.3) is 0 Å². The molecule has 10 N–H and O–H groups in total. The number of rotatable bonds is 15. The molecule has 14 nitrogen and oxygen atoms in total. The molecule has 0 bridgehead atoms. The van der Waals surface area contributed by atoms with Crippen molar-refractivity contribution in [2.45, 2.75) is 89.0 Å². The van der Waals surface area contributed by atoms with Crippen LogP contribution in [0.2, 0.25) is 0 Å². The van der Waals surface area contributed by atoms with E-state index < -0.39 is 65.7 Å². The van der Waals surface area contributed by atoms with Gasteiger partial charge < -0.3 is 43.2 Å². The molecule has 0 radical (unpaired) electrons. The summed E-state index contributed by atoms with van der Waals surface area (Å²) < 4.78 is 0. The molecule has 0 spiro atoms. The summed E-state index contributed by atoms with van der Waals surface area (Å²) in [5.74, 6) is -4.13. The maximum absolute atomic E-state index is 13.1. The number of amides is 5. The Hall–Kier alpha value is -3.26. The molecule has 5 amide bonds. The molecule has 0 unspecified atom stereocenters. The number of likely N-dealkylation sites (tertiary alicyclic amines) is 1. The average molecular weight is 514 g/mol. The van der Waals surface area contributed by atoms with E-state index in [0.29, 0.717) is 38.8 Å². The van der Waals surface area contributed by atoms with Crippen molar-refractivity contribution in [3.05, 3.63) is 0 Å². The summed E-state index contributed by atoms with van der Waals surface area (Å²) in [6.45, 7) is 3.39. The zero-order valence-electron chi connectivity index (χ0n) is 20.8. The molecular formula is C22H39N7O7. The lowest BCUT2D eigenvalue weighted by molar-refractivity contribution is -0.141. The van der Waals surface area contributed by atoms with Crippen LogP contribution in [0, 0.1) is 0 Å². The van der Waals surface area contributed by atoms with Crippen LogP contribution in [0.15, 0.2) is 0 Å². The van der Waals surface area contributed by atoms with Crippen LogP contribution in [0.3, 0.4) is 0 Å². The summed E-state index contributed by atoms with van der Waals surface area (Å²) >= 11 is 0. The van der Waals surface area contributed by atoms with Crippen molar-refractivity contribution in [3.63, 3.8) is 0 Å². The van der Waals surface area contributed by atoms with E-state index in [2.05, 4.69) is 16.0 Å². The van der Waals surface area contributed by atoms with Crippen LogP contribution in [-0.4, -0.2) is 88.8 Å². The minimum atomic E-state index is -1.22. The van der Waals surface area contributed by atoms with Crippen molar-refractivity contribution in [1.29, 1.82) is 0 Å². The van der Waals surface area contributed by atoms with Gasteiger partial charge in [0.05, 0.1) is 6.04 Å². The standard InChI is InChI=1S/C22H39N7O7/c1-12(18(31)27-13(2)22(35)36)26-19(32)15(6-3-4-10-23)28-20(33)16-7-5-11-29(16)21(34)14(24)8-9-17(25)30/h12-16H,3-11,23-24H2,1-2H3,(H2,25,30)(H,26,32)(H,27,31)(H,28,33)(H,35,36)/t12-,13-,14-,15-,16-/m0/s1. The minimum absolute atomic E-state index is 0.0575. The first kappa shape index (κ1) is 30.8. The quantitative estimate of drug-likeness (QED) is 0.112. The van der Waals surface area contributed by atoms with Gasteiger partial charge in [-0.25, -0.2) is 0 Å². The fourth-order valence-corrected chi connectivity index (χ4v) is 3.75. The molecule has 1 saturated heterocycles. The van der Waals surface area contributed by atoms with Crippen molar-refractivity contribution < 1.29 is 33.9 Å². The Balaban J connectivity index is 2.85. The third-order valence-electron chi connectivity index (χ3n) is 5.92. The SMILES string of the molecule is C[C@H](NC(=O)[C@H](C)NC(=O)[C@H](CCCCN)NC(=O)[C@@H]1CCCN1C(=O)[C@@H](N)CCC(N)=O)C(=O)O. The number of carboxylic acid groups (broad SMARTS) is 1. The van der Waals surface area contributed by atoms with Crippen LogP contribution < -0.4 is 33.2 Å². The molecule has 0 aromatic heterocycles. The summed E-state index contributed by atoms with van der Waals surface area (Å²) in [6.07, 6.45) is 2.32. The number of hydrogen-bond acceptors (Lipinski definition) is 8. The van der Waals surface area contributed by atoms with E-state index in [-0.39, 0.29) is 19.3 Å². The van der Waals surface area contributed by atoms with E-state index in [0.717, 1.165) is 0 Å². The Labute approximate surface area is 210 Å². The predicted molar refractivity (Wildman–Crippen MR) is 129 cm³/mol. The molecule has 0 aliphatic carbocycles. The van der Waals surface area contributed by atoms with Gasteiger partial charge in [-0.3, -0.25) is 28.8 Å². The fourth-order valence-electron chi connectivity index (χ4n) is 3.75.